The molecule has 0 saturated carbocycles. The van der Waals surface area contributed by atoms with Crippen LogP contribution in [0, 0.1) is 6.92 Å². The summed E-state index contributed by atoms with van der Waals surface area (Å²) < 4.78 is 7.03. The molecule has 2 N–H and O–H groups in total. The van der Waals surface area contributed by atoms with E-state index in [-0.39, 0.29) is 5.92 Å². The van der Waals surface area contributed by atoms with Gasteiger partial charge in [-0.15, -0.1) is 0 Å². The molecule has 4 nitrogen and oxygen atoms in total. The lowest BCUT2D eigenvalue weighted by Crippen LogP contribution is -2.17. The first-order chi connectivity index (χ1) is 9.06. The molecule has 102 valence electrons. The second-order valence-electron chi connectivity index (χ2n) is 4.52. The lowest BCUT2D eigenvalue weighted by Gasteiger charge is -2.16. The van der Waals surface area contributed by atoms with Crippen LogP contribution in [0.15, 0.2) is 24.3 Å². The first-order valence-corrected chi connectivity index (χ1v) is 6.48. The molecule has 5 heteroatoms. The summed E-state index contributed by atoms with van der Waals surface area (Å²) in [5, 5.41) is 4.96. The van der Waals surface area contributed by atoms with Crippen LogP contribution < -0.4 is 10.5 Å². The van der Waals surface area contributed by atoms with E-state index in [9.17, 15) is 0 Å². The molecule has 0 aliphatic heterocycles. The fourth-order valence-electron chi connectivity index (χ4n) is 2.28. The van der Waals surface area contributed by atoms with E-state index in [1.54, 1.807) is 7.11 Å². The maximum absolute atomic E-state index is 6.17. The predicted molar refractivity (Wildman–Crippen MR) is 76.8 cm³/mol. The maximum atomic E-state index is 6.17. The third kappa shape index (κ3) is 2.74. The SMILES string of the molecule is COc1ccc(C(CN)c2cc(C)nn2C)cc1Cl. The van der Waals surface area contributed by atoms with Crippen LogP contribution in [0.1, 0.15) is 22.9 Å². The summed E-state index contributed by atoms with van der Waals surface area (Å²) in [6.07, 6.45) is 0. The van der Waals surface area contributed by atoms with Crippen molar-refractivity contribution in [1.82, 2.24) is 9.78 Å². The Morgan fingerprint density at radius 1 is 1.42 bits per heavy atom. The van der Waals surface area contributed by atoms with Crippen molar-refractivity contribution in [2.45, 2.75) is 12.8 Å². The average Bonchev–Trinajstić information content (AvgIpc) is 2.70. The normalized spacial score (nSPS) is 12.5. The topological polar surface area (TPSA) is 53.1 Å². The average molecular weight is 280 g/mol. The highest BCUT2D eigenvalue weighted by atomic mass is 35.5. The van der Waals surface area contributed by atoms with Gasteiger partial charge in [0.1, 0.15) is 5.75 Å². The molecule has 0 aliphatic rings. The molecular formula is C14H18ClN3O. The van der Waals surface area contributed by atoms with E-state index in [4.69, 9.17) is 22.1 Å². The molecule has 0 fully saturated rings. The summed E-state index contributed by atoms with van der Waals surface area (Å²) in [4.78, 5) is 0. The number of nitrogens with zero attached hydrogens (tertiary/aromatic N) is 2. The molecule has 0 spiro atoms. The monoisotopic (exact) mass is 279 g/mol. The number of ether oxygens (including phenoxy) is 1. The van der Waals surface area contributed by atoms with Gasteiger partial charge < -0.3 is 10.5 Å². The van der Waals surface area contributed by atoms with Gasteiger partial charge in [-0.2, -0.15) is 5.10 Å². The van der Waals surface area contributed by atoms with Crippen molar-refractivity contribution in [2.24, 2.45) is 12.8 Å². The number of rotatable bonds is 4. The highest BCUT2D eigenvalue weighted by molar-refractivity contribution is 6.32. The predicted octanol–water partition coefficient (Wildman–Crippen LogP) is 2.48. The van der Waals surface area contributed by atoms with Crippen LogP contribution in [0.25, 0.3) is 0 Å². The zero-order chi connectivity index (χ0) is 14.0. The van der Waals surface area contributed by atoms with E-state index < -0.39 is 0 Å². The van der Waals surface area contributed by atoms with Gasteiger partial charge in [-0.1, -0.05) is 17.7 Å². The van der Waals surface area contributed by atoms with Gasteiger partial charge in [0.2, 0.25) is 0 Å². The minimum absolute atomic E-state index is 0.0783. The Kier molecular flexibility index (Phi) is 4.12. The van der Waals surface area contributed by atoms with E-state index in [0.29, 0.717) is 17.3 Å². The molecule has 2 aromatic rings. The van der Waals surface area contributed by atoms with E-state index >= 15 is 0 Å². The molecule has 1 heterocycles. The van der Waals surface area contributed by atoms with Crippen molar-refractivity contribution in [1.29, 1.82) is 0 Å². The highest BCUT2D eigenvalue weighted by Gasteiger charge is 2.18. The lowest BCUT2D eigenvalue weighted by molar-refractivity contribution is 0.415. The number of nitrogens with two attached hydrogens (primary N) is 1. The Labute approximate surface area is 118 Å². The summed E-state index contributed by atoms with van der Waals surface area (Å²) in [6, 6.07) is 7.81. The molecule has 19 heavy (non-hydrogen) atoms. The first kappa shape index (κ1) is 13.9. The number of aryl methyl sites for hydroxylation is 2. The summed E-state index contributed by atoms with van der Waals surface area (Å²) >= 11 is 6.17. The van der Waals surface area contributed by atoms with E-state index in [1.807, 2.05) is 36.9 Å². The van der Waals surface area contributed by atoms with Crippen molar-refractivity contribution in [3.63, 3.8) is 0 Å². The van der Waals surface area contributed by atoms with Gasteiger partial charge >= 0.3 is 0 Å². The second-order valence-corrected chi connectivity index (χ2v) is 4.92. The van der Waals surface area contributed by atoms with Crippen LogP contribution in [0.2, 0.25) is 5.02 Å². The Bertz CT molecular complexity index is 580. The van der Waals surface area contributed by atoms with Crippen LogP contribution in [-0.2, 0) is 7.05 Å². The van der Waals surface area contributed by atoms with Gasteiger partial charge in [0.25, 0.3) is 0 Å². The minimum Gasteiger partial charge on any atom is -0.495 e. The number of methoxy groups -OCH3 is 1. The first-order valence-electron chi connectivity index (χ1n) is 6.11. The van der Waals surface area contributed by atoms with Crippen LogP contribution in [0.5, 0.6) is 5.75 Å². The zero-order valence-corrected chi connectivity index (χ0v) is 12.1. The smallest absolute Gasteiger partial charge is 0.137 e. The van der Waals surface area contributed by atoms with Crippen molar-refractivity contribution in [2.75, 3.05) is 13.7 Å². The van der Waals surface area contributed by atoms with Gasteiger partial charge in [-0.25, -0.2) is 0 Å². The molecule has 1 unspecified atom stereocenters. The molecule has 0 radical (unpaired) electrons. The molecule has 2 rings (SSSR count). The standard InChI is InChI=1S/C14H18ClN3O/c1-9-6-13(18(2)17-9)11(8-16)10-4-5-14(19-3)12(15)7-10/h4-7,11H,8,16H2,1-3H3. The number of hydrogen-bond donors (Lipinski definition) is 1. The van der Waals surface area contributed by atoms with Crippen molar-refractivity contribution in [3.05, 3.63) is 46.2 Å². The van der Waals surface area contributed by atoms with E-state index in [1.165, 1.54) is 0 Å². The molecule has 1 aromatic carbocycles. The third-order valence-electron chi connectivity index (χ3n) is 3.21. The number of halogens is 1. The van der Waals surface area contributed by atoms with Gasteiger partial charge in [-0.05, 0) is 30.7 Å². The van der Waals surface area contributed by atoms with E-state index in [2.05, 4.69) is 11.2 Å². The number of hydrogen-bond acceptors (Lipinski definition) is 3. The molecule has 1 aromatic heterocycles. The molecule has 0 saturated heterocycles. The minimum atomic E-state index is 0.0783. The van der Waals surface area contributed by atoms with Crippen LogP contribution in [0.4, 0.5) is 0 Å². The largest absolute Gasteiger partial charge is 0.495 e. The van der Waals surface area contributed by atoms with Crippen LogP contribution >= 0.6 is 11.6 Å². The Balaban J connectivity index is 2.42. The molecule has 1 atom stereocenters. The van der Waals surface area contributed by atoms with Crippen molar-refractivity contribution in [3.8, 4) is 5.75 Å². The summed E-state index contributed by atoms with van der Waals surface area (Å²) in [6.45, 7) is 2.47. The number of benzene rings is 1. The summed E-state index contributed by atoms with van der Waals surface area (Å²) in [5.74, 6) is 0.747. The third-order valence-corrected chi connectivity index (χ3v) is 3.50. The maximum Gasteiger partial charge on any atom is 0.137 e. The number of aromatic nitrogens is 2. The Hall–Kier alpha value is -1.52. The quantitative estimate of drug-likeness (QED) is 0.935. The summed E-state index contributed by atoms with van der Waals surface area (Å²) in [7, 11) is 3.53. The van der Waals surface area contributed by atoms with Gasteiger partial charge in [-0.3, -0.25) is 4.68 Å². The van der Waals surface area contributed by atoms with Crippen molar-refractivity contribution >= 4 is 11.6 Å². The van der Waals surface area contributed by atoms with Gasteiger partial charge in [0, 0.05) is 25.2 Å². The Morgan fingerprint density at radius 2 is 2.16 bits per heavy atom. The molecule has 0 aliphatic carbocycles. The van der Waals surface area contributed by atoms with E-state index in [0.717, 1.165) is 17.0 Å². The fourth-order valence-corrected chi connectivity index (χ4v) is 2.55. The van der Waals surface area contributed by atoms with Crippen molar-refractivity contribution < 1.29 is 4.74 Å². The summed E-state index contributed by atoms with van der Waals surface area (Å²) in [5.41, 5.74) is 9.05. The molecule has 0 amide bonds. The zero-order valence-electron chi connectivity index (χ0n) is 11.4. The van der Waals surface area contributed by atoms with Crippen LogP contribution in [0.3, 0.4) is 0 Å². The Morgan fingerprint density at radius 3 is 2.63 bits per heavy atom. The molecular weight excluding hydrogens is 262 g/mol. The highest BCUT2D eigenvalue weighted by Crippen LogP contribution is 2.31. The van der Waals surface area contributed by atoms with Gasteiger partial charge in [0.15, 0.2) is 0 Å². The second kappa shape index (κ2) is 5.63. The van der Waals surface area contributed by atoms with Gasteiger partial charge in [0.05, 0.1) is 17.8 Å². The van der Waals surface area contributed by atoms with Crippen LogP contribution in [-0.4, -0.2) is 23.4 Å². The molecule has 0 bridgehead atoms. The lowest BCUT2D eigenvalue weighted by atomic mass is 9.95. The fraction of sp³-hybridized carbons (Fsp3) is 0.357.